The van der Waals surface area contributed by atoms with E-state index in [0.717, 1.165) is 63.5 Å². The van der Waals surface area contributed by atoms with Gasteiger partial charge in [-0.1, -0.05) is 11.8 Å². The lowest BCUT2D eigenvalue weighted by Gasteiger charge is -2.20. The smallest absolute Gasteiger partial charge is 0.192 e. The number of carbonyl (C=O) groups is 1. The highest BCUT2D eigenvalue weighted by Gasteiger charge is 2.30. The van der Waals surface area contributed by atoms with Crippen LogP contribution in [0.15, 0.2) is 53.9 Å². The number of ketones is 1. The van der Waals surface area contributed by atoms with Gasteiger partial charge in [0.1, 0.15) is 13.2 Å². The molecule has 6 rings (SSSR count). The largest absolute Gasteiger partial charge is 0.486 e. The average molecular weight is 488 g/mol. The van der Waals surface area contributed by atoms with Crippen molar-refractivity contribution in [2.75, 3.05) is 19.0 Å². The fraction of sp³-hybridized carbons (Fsp3) is 0.308. The minimum Gasteiger partial charge on any atom is -0.486 e. The number of Topliss-reactive ketones (excluding diaryl/α,β-unsaturated/α-hetero) is 1. The van der Waals surface area contributed by atoms with Crippen molar-refractivity contribution in [2.45, 2.75) is 37.9 Å². The first-order valence-electron chi connectivity index (χ1n) is 11.7. The third-order valence-corrected chi connectivity index (χ3v) is 7.29. The van der Waals surface area contributed by atoms with Gasteiger partial charge in [0.15, 0.2) is 28.3 Å². The number of rotatable bonds is 7. The van der Waals surface area contributed by atoms with Crippen LogP contribution in [-0.2, 0) is 0 Å². The number of hydrogen-bond acceptors (Lipinski definition) is 7. The predicted octanol–water partition coefficient (Wildman–Crippen LogP) is 4.83. The summed E-state index contributed by atoms with van der Waals surface area (Å²) in [6.45, 7) is 5.09. The Morgan fingerprint density at radius 2 is 1.91 bits per heavy atom. The van der Waals surface area contributed by atoms with E-state index in [1.165, 1.54) is 11.8 Å². The molecule has 0 amide bonds. The number of hydrogen-bond donors (Lipinski definition) is 0. The molecule has 0 saturated heterocycles. The van der Waals surface area contributed by atoms with Gasteiger partial charge in [-0.05, 0) is 57.0 Å². The van der Waals surface area contributed by atoms with Crippen LogP contribution in [0.5, 0.6) is 11.5 Å². The van der Waals surface area contributed by atoms with E-state index in [-0.39, 0.29) is 5.78 Å². The molecule has 4 heterocycles. The van der Waals surface area contributed by atoms with Crippen LogP contribution in [0.25, 0.3) is 17.1 Å². The molecule has 3 aromatic heterocycles. The van der Waals surface area contributed by atoms with Crippen LogP contribution < -0.4 is 9.47 Å². The van der Waals surface area contributed by atoms with Gasteiger partial charge in [-0.25, -0.2) is 0 Å². The summed E-state index contributed by atoms with van der Waals surface area (Å²) >= 11 is 1.45. The maximum absolute atomic E-state index is 13.3. The number of aromatic nitrogens is 5. The predicted molar refractivity (Wildman–Crippen MR) is 133 cm³/mol. The van der Waals surface area contributed by atoms with E-state index < -0.39 is 0 Å². The third-order valence-electron chi connectivity index (χ3n) is 6.34. The van der Waals surface area contributed by atoms with E-state index in [1.54, 1.807) is 12.4 Å². The van der Waals surface area contributed by atoms with Crippen molar-refractivity contribution in [2.24, 2.45) is 0 Å². The second kappa shape index (κ2) is 8.88. The van der Waals surface area contributed by atoms with E-state index in [1.807, 2.05) is 50.2 Å². The monoisotopic (exact) mass is 487 g/mol. The van der Waals surface area contributed by atoms with Gasteiger partial charge in [-0.15, -0.1) is 10.2 Å². The minimum absolute atomic E-state index is 0.0696. The van der Waals surface area contributed by atoms with Crippen molar-refractivity contribution in [3.8, 4) is 28.6 Å². The molecule has 178 valence electrons. The molecule has 1 fully saturated rings. The average Bonchev–Trinajstić information content (AvgIpc) is 3.56. The number of pyridine rings is 1. The van der Waals surface area contributed by atoms with Gasteiger partial charge in [0.05, 0.1) is 5.75 Å². The molecular weight excluding hydrogens is 462 g/mol. The third kappa shape index (κ3) is 4.10. The van der Waals surface area contributed by atoms with Crippen LogP contribution in [0.1, 0.15) is 40.6 Å². The Balaban J connectivity index is 1.24. The molecule has 0 unspecified atom stereocenters. The summed E-state index contributed by atoms with van der Waals surface area (Å²) in [7, 11) is 0. The highest BCUT2D eigenvalue weighted by Crippen LogP contribution is 2.41. The van der Waals surface area contributed by atoms with Crippen LogP contribution >= 0.6 is 11.8 Å². The van der Waals surface area contributed by atoms with Crippen LogP contribution in [0, 0.1) is 13.8 Å². The number of ether oxygens (including phenoxy) is 2. The Morgan fingerprint density at radius 1 is 1.09 bits per heavy atom. The molecule has 8 nitrogen and oxygen atoms in total. The molecule has 1 aliphatic carbocycles. The molecule has 1 aromatic carbocycles. The zero-order valence-electron chi connectivity index (χ0n) is 19.6. The zero-order valence-corrected chi connectivity index (χ0v) is 20.4. The normalized spacial score (nSPS) is 14.8. The summed E-state index contributed by atoms with van der Waals surface area (Å²) < 4.78 is 15.6. The highest BCUT2D eigenvalue weighted by molar-refractivity contribution is 7.99. The molecule has 1 aliphatic heterocycles. The first-order valence-corrected chi connectivity index (χ1v) is 12.7. The van der Waals surface area contributed by atoms with Crippen molar-refractivity contribution in [3.63, 3.8) is 0 Å². The topological polar surface area (TPSA) is 84.1 Å². The summed E-state index contributed by atoms with van der Waals surface area (Å²) in [4.78, 5) is 17.5. The number of fused-ring (bicyclic) bond motifs is 1. The molecule has 1 saturated carbocycles. The fourth-order valence-corrected chi connectivity index (χ4v) is 5.44. The summed E-state index contributed by atoms with van der Waals surface area (Å²) in [6.07, 6.45) is 5.75. The van der Waals surface area contributed by atoms with E-state index in [4.69, 9.17) is 9.47 Å². The molecule has 35 heavy (non-hydrogen) atoms. The SMILES string of the molecule is Cc1cc(C(=O)CSc2nnc(-c3cccnc3)n2C2CC2)c(C)n1-c1ccc2c(c1)OCCO2. The molecule has 4 aromatic rings. The Kier molecular flexibility index (Phi) is 5.56. The van der Waals surface area contributed by atoms with Gasteiger partial charge in [-0.3, -0.25) is 14.3 Å². The summed E-state index contributed by atoms with van der Waals surface area (Å²) in [5.74, 6) is 2.66. The molecule has 2 aliphatic rings. The van der Waals surface area contributed by atoms with Crippen molar-refractivity contribution in [1.82, 2.24) is 24.3 Å². The van der Waals surface area contributed by atoms with Gasteiger partial charge in [0.2, 0.25) is 0 Å². The van der Waals surface area contributed by atoms with Gasteiger partial charge in [-0.2, -0.15) is 0 Å². The lowest BCUT2D eigenvalue weighted by Crippen LogP contribution is -2.15. The lowest BCUT2D eigenvalue weighted by molar-refractivity contribution is 0.102. The van der Waals surface area contributed by atoms with Gasteiger partial charge in [0, 0.05) is 52.7 Å². The number of benzene rings is 1. The maximum Gasteiger partial charge on any atom is 0.192 e. The van der Waals surface area contributed by atoms with Crippen LogP contribution in [0.3, 0.4) is 0 Å². The standard InChI is InChI=1S/C26H25N5O3S/c1-16-12-21(17(2)30(16)20-7-8-23-24(13-20)34-11-10-33-23)22(32)15-35-26-29-28-25(31(26)19-5-6-19)18-4-3-9-27-14-18/h3-4,7-9,12-14,19H,5-6,10-11,15H2,1-2H3. The Hall–Kier alpha value is -3.59. The van der Waals surface area contributed by atoms with Crippen molar-refractivity contribution in [3.05, 3.63) is 65.7 Å². The van der Waals surface area contributed by atoms with Crippen molar-refractivity contribution >= 4 is 17.5 Å². The summed E-state index contributed by atoms with van der Waals surface area (Å²) in [5.41, 5.74) is 4.51. The Bertz CT molecular complexity index is 1410. The van der Waals surface area contributed by atoms with Crippen LogP contribution in [-0.4, -0.2) is 49.1 Å². The molecule has 0 atom stereocenters. The van der Waals surface area contributed by atoms with Crippen LogP contribution in [0.2, 0.25) is 0 Å². The highest BCUT2D eigenvalue weighted by atomic mass is 32.2. The number of carbonyl (C=O) groups excluding carboxylic acids is 1. The summed E-state index contributed by atoms with van der Waals surface area (Å²) in [5, 5.41) is 9.62. The Labute approximate surface area is 207 Å². The molecule has 9 heteroatoms. The quantitative estimate of drug-likeness (QED) is 0.273. The van der Waals surface area contributed by atoms with E-state index >= 15 is 0 Å². The molecular formula is C26H25N5O3S. The maximum atomic E-state index is 13.3. The van der Waals surface area contributed by atoms with Crippen molar-refractivity contribution in [1.29, 1.82) is 0 Å². The zero-order chi connectivity index (χ0) is 23.9. The number of aryl methyl sites for hydroxylation is 1. The molecule has 0 bridgehead atoms. The van der Waals surface area contributed by atoms with E-state index in [9.17, 15) is 4.79 Å². The minimum atomic E-state index is 0.0696. The van der Waals surface area contributed by atoms with Gasteiger partial charge >= 0.3 is 0 Å². The first kappa shape index (κ1) is 21.9. The second-order valence-corrected chi connectivity index (χ2v) is 9.75. The Morgan fingerprint density at radius 3 is 2.69 bits per heavy atom. The van der Waals surface area contributed by atoms with Crippen LogP contribution in [0.4, 0.5) is 0 Å². The van der Waals surface area contributed by atoms with E-state index in [2.05, 4.69) is 24.3 Å². The summed E-state index contributed by atoms with van der Waals surface area (Å²) in [6, 6.07) is 12.1. The number of thioether (sulfide) groups is 1. The molecule has 0 N–H and O–H groups in total. The van der Waals surface area contributed by atoms with Gasteiger partial charge in [0.25, 0.3) is 0 Å². The fourth-order valence-electron chi connectivity index (χ4n) is 4.55. The first-order chi connectivity index (χ1) is 17.1. The molecule has 0 radical (unpaired) electrons. The van der Waals surface area contributed by atoms with Crippen molar-refractivity contribution < 1.29 is 14.3 Å². The number of nitrogens with zero attached hydrogens (tertiary/aromatic N) is 5. The van der Waals surface area contributed by atoms with E-state index in [0.29, 0.717) is 25.0 Å². The molecule has 0 spiro atoms. The lowest BCUT2D eigenvalue weighted by atomic mass is 10.2. The second-order valence-electron chi connectivity index (χ2n) is 8.81. The van der Waals surface area contributed by atoms with Gasteiger partial charge < -0.3 is 14.0 Å².